The summed E-state index contributed by atoms with van der Waals surface area (Å²) in [7, 11) is 1.39. The van der Waals surface area contributed by atoms with Gasteiger partial charge in [0.05, 0.1) is 28.9 Å². The zero-order chi connectivity index (χ0) is 17.7. The van der Waals surface area contributed by atoms with E-state index in [0.717, 1.165) is 0 Å². The maximum Gasteiger partial charge on any atom is 0.261 e. The molecule has 2 N–H and O–H groups in total. The maximum atomic E-state index is 12.4. The quantitative estimate of drug-likeness (QED) is 0.788. The van der Waals surface area contributed by atoms with Crippen molar-refractivity contribution >= 4 is 52.1 Å². The molecule has 0 aliphatic heterocycles. The van der Waals surface area contributed by atoms with E-state index >= 15 is 0 Å². The van der Waals surface area contributed by atoms with Crippen molar-refractivity contribution in [2.24, 2.45) is 0 Å². The van der Waals surface area contributed by atoms with Crippen molar-refractivity contribution < 1.29 is 9.53 Å². The predicted molar refractivity (Wildman–Crippen MR) is 97.9 cm³/mol. The molecular weight excluding hydrogens is 369 g/mol. The Labute approximate surface area is 154 Å². The molecule has 0 heterocycles. The minimum absolute atomic E-state index is 0.0286. The molecule has 0 radical (unpaired) electrons. The second kappa shape index (κ2) is 7.97. The summed E-state index contributed by atoms with van der Waals surface area (Å²) < 4.78 is 5.13. The van der Waals surface area contributed by atoms with E-state index in [1.807, 2.05) is 6.07 Å². The van der Waals surface area contributed by atoms with Crippen LogP contribution in [-0.2, 0) is 0 Å². The molecule has 1 amide bonds. The number of ether oxygens (including phenoxy) is 1. The van der Waals surface area contributed by atoms with Crippen molar-refractivity contribution in [2.75, 3.05) is 12.4 Å². The Morgan fingerprint density at radius 2 is 2.00 bits per heavy atom. The lowest BCUT2D eigenvalue weighted by molar-refractivity contribution is 0.0975. The number of hydrogen-bond donors (Lipinski definition) is 2. The van der Waals surface area contributed by atoms with Crippen LogP contribution in [-0.4, -0.2) is 18.1 Å². The highest BCUT2D eigenvalue weighted by Gasteiger charge is 2.18. The molecule has 0 fully saturated rings. The largest absolute Gasteiger partial charge is 0.494 e. The third kappa shape index (κ3) is 4.15. The first-order valence-corrected chi connectivity index (χ1v) is 7.77. The molecule has 0 unspecified atom stereocenters. The molecule has 0 atom stereocenters. The highest BCUT2D eigenvalue weighted by molar-refractivity contribution is 7.80. The zero-order valence-corrected chi connectivity index (χ0v) is 14.7. The number of benzene rings is 2. The molecule has 0 saturated carbocycles. The third-order valence-corrected chi connectivity index (χ3v) is 3.68. The van der Waals surface area contributed by atoms with E-state index in [4.69, 9.17) is 45.4 Å². The van der Waals surface area contributed by atoms with Gasteiger partial charge < -0.3 is 10.1 Å². The number of carbonyl (C=O) groups is 1. The van der Waals surface area contributed by atoms with Gasteiger partial charge in [0.15, 0.2) is 5.11 Å². The summed E-state index contributed by atoms with van der Waals surface area (Å²) in [6.45, 7) is 0. The van der Waals surface area contributed by atoms with Crippen LogP contribution in [0.3, 0.4) is 0 Å². The summed E-state index contributed by atoms with van der Waals surface area (Å²) in [4.78, 5) is 12.4. The standard InChI is InChI=1S/C16H11Cl2N3O2S/c1-23-14-11(6-10(17)7-12(14)18)15(22)21-16(24)20-13-5-3-2-4-9(13)8-19/h2-7H,1H3,(H2,20,21,22,24). The molecule has 0 aromatic heterocycles. The first-order valence-electron chi connectivity index (χ1n) is 6.60. The van der Waals surface area contributed by atoms with E-state index in [0.29, 0.717) is 16.3 Å². The number of anilines is 1. The summed E-state index contributed by atoms with van der Waals surface area (Å²) in [5.41, 5.74) is 1.03. The van der Waals surface area contributed by atoms with Crippen LogP contribution in [0.25, 0.3) is 0 Å². The van der Waals surface area contributed by atoms with Crippen molar-refractivity contribution in [3.63, 3.8) is 0 Å². The number of nitrogens with one attached hydrogen (secondary N) is 2. The Kier molecular flexibility index (Phi) is 5.99. The van der Waals surface area contributed by atoms with Gasteiger partial charge in [-0.15, -0.1) is 0 Å². The van der Waals surface area contributed by atoms with Gasteiger partial charge in [-0.05, 0) is 36.5 Å². The summed E-state index contributed by atoms with van der Waals surface area (Å²) in [6.07, 6.45) is 0. The zero-order valence-electron chi connectivity index (χ0n) is 12.4. The molecule has 122 valence electrons. The van der Waals surface area contributed by atoms with Crippen LogP contribution in [0.5, 0.6) is 5.75 Å². The number of nitriles is 1. The minimum Gasteiger partial charge on any atom is -0.494 e. The Balaban J connectivity index is 2.18. The minimum atomic E-state index is -0.539. The molecule has 0 aliphatic rings. The number of hydrogen-bond acceptors (Lipinski definition) is 4. The number of halogens is 2. The molecule has 0 saturated heterocycles. The summed E-state index contributed by atoms with van der Waals surface area (Å²) >= 11 is 17.0. The lowest BCUT2D eigenvalue weighted by Gasteiger charge is -2.13. The fraction of sp³-hybridized carbons (Fsp3) is 0.0625. The number of amides is 1. The van der Waals surface area contributed by atoms with Crippen molar-refractivity contribution in [3.05, 3.63) is 57.6 Å². The fourth-order valence-electron chi connectivity index (χ4n) is 1.95. The van der Waals surface area contributed by atoms with Gasteiger partial charge in [0, 0.05) is 5.02 Å². The molecule has 24 heavy (non-hydrogen) atoms. The van der Waals surface area contributed by atoms with E-state index < -0.39 is 5.91 Å². The number of thiocarbonyl (C=S) groups is 1. The van der Waals surface area contributed by atoms with E-state index in [1.165, 1.54) is 19.2 Å². The van der Waals surface area contributed by atoms with Crippen molar-refractivity contribution in [1.29, 1.82) is 5.26 Å². The van der Waals surface area contributed by atoms with Gasteiger partial charge in [-0.3, -0.25) is 10.1 Å². The number of para-hydroxylation sites is 1. The topological polar surface area (TPSA) is 74.2 Å². The van der Waals surface area contributed by atoms with Crippen molar-refractivity contribution in [3.8, 4) is 11.8 Å². The average Bonchev–Trinajstić information content (AvgIpc) is 2.54. The van der Waals surface area contributed by atoms with Gasteiger partial charge in [-0.1, -0.05) is 35.3 Å². The smallest absolute Gasteiger partial charge is 0.261 e. The van der Waals surface area contributed by atoms with Crippen LogP contribution in [0.1, 0.15) is 15.9 Å². The van der Waals surface area contributed by atoms with E-state index in [1.54, 1.807) is 24.3 Å². The lowest BCUT2D eigenvalue weighted by Crippen LogP contribution is -2.34. The highest BCUT2D eigenvalue weighted by atomic mass is 35.5. The van der Waals surface area contributed by atoms with Gasteiger partial charge in [0.1, 0.15) is 11.8 Å². The highest BCUT2D eigenvalue weighted by Crippen LogP contribution is 2.32. The molecule has 0 bridgehead atoms. The molecule has 8 heteroatoms. The van der Waals surface area contributed by atoms with E-state index in [2.05, 4.69) is 10.6 Å². The Morgan fingerprint density at radius 1 is 1.29 bits per heavy atom. The van der Waals surface area contributed by atoms with Crippen LogP contribution >= 0.6 is 35.4 Å². The van der Waals surface area contributed by atoms with Gasteiger partial charge in [-0.25, -0.2) is 0 Å². The fourth-order valence-corrected chi connectivity index (χ4v) is 2.72. The van der Waals surface area contributed by atoms with Gasteiger partial charge in [-0.2, -0.15) is 5.26 Å². The molecule has 0 spiro atoms. The van der Waals surface area contributed by atoms with Crippen LogP contribution < -0.4 is 15.4 Å². The van der Waals surface area contributed by atoms with Crippen LogP contribution in [0.15, 0.2) is 36.4 Å². The number of rotatable bonds is 3. The molecular formula is C16H11Cl2N3O2S. The van der Waals surface area contributed by atoms with E-state index in [-0.39, 0.29) is 21.4 Å². The first-order chi connectivity index (χ1) is 11.5. The second-order valence-electron chi connectivity index (χ2n) is 4.53. The molecule has 5 nitrogen and oxygen atoms in total. The van der Waals surface area contributed by atoms with Gasteiger partial charge in [0.2, 0.25) is 0 Å². The molecule has 2 rings (SSSR count). The number of carbonyl (C=O) groups excluding carboxylic acids is 1. The molecule has 0 aliphatic carbocycles. The molecule has 2 aromatic carbocycles. The van der Waals surface area contributed by atoms with Gasteiger partial charge >= 0.3 is 0 Å². The lowest BCUT2D eigenvalue weighted by atomic mass is 10.2. The average molecular weight is 380 g/mol. The Bertz CT molecular complexity index is 850. The van der Waals surface area contributed by atoms with Crippen molar-refractivity contribution in [2.45, 2.75) is 0 Å². The number of methoxy groups -OCH3 is 1. The normalized spacial score (nSPS) is 9.75. The summed E-state index contributed by atoms with van der Waals surface area (Å²) in [5.74, 6) is -0.345. The first kappa shape index (κ1) is 18.0. The summed E-state index contributed by atoms with van der Waals surface area (Å²) in [5, 5.41) is 14.9. The second-order valence-corrected chi connectivity index (χ2v) is 5.79. The van der Waals surface area contributed by atoms with E-state index in [9.17, 15) is 4.79 Å². The van der Waals surface area contributed by atoms with Crippen LogP contribution in [0, 0.1) is 11.3 Å². The van der Waals surface area contributed by atoms with Crippen LogP contribution in [0.4, 0.5) is 5.69 Å². The monoisotopic (exact) mass is 379 g/mol. The molecule has 2 aromatic rings. The third-order valence-electron chi connectivity index (χ3n) is 2.98. The SMILES string of the molecule is COc1c(Cl)cc(Cl)cc1C(=O)NC(=S)Nc1ccccc1C#N. The van der Waals surface area contributed by atoms with Crippen LogP contribution in [0.2, 0.25) is 10.0 Å². The van der Waals surface area contributed by atoms with Gasteiger partial charge in [0.25, 0.3) is 5.91 Å². The maximum absolute atomic E-state index is 12.4. The summed E-state index contributed by atoms with van der Waals surface area (Å²) in [6, 6.07) is 11.7. The predicted octanol–water partition coefficient (Wildman–Crippen LogP) is 4.00. The Hall–Kier alpha value is -2.33. The van der Waals surface area contributed by atoms with Crippen molar-refractivity contribution in [1.82, 2.24) is 5.32 Å². The number of nitrogens with zero attached hydrogens (tertiary/aromatic N) is 1. The Morgan fingerprint density at radius 3 is 2.67 bits per heavy atom.